The van der Waals surface area contributed by atoms with Crippen molar-refractivity contribution in [1.29, 1.82) is 0 Å². The Morgan fingerprint density at radius 2 is 2.11 bits per heavy atom. The summed E-state index contributed by atoms with van der Waals surface area (Å²) in [7, 11) is 0. The summed E-state index contributed by atoms with van der Waals surface area (Å²) in [6.07, 6.45) is 1.94. The number of benzene rings is 1. The maximum Gasteiger partial charge on any atom is 0.253 e. The van der Waals surface area contributed by atoms with Gasteiger partial charge in [0.25, 0.3) is 5.91 Å². The summed E-state index contributed by atoms with van der Waals surface area (Å²) in [6, 6.07) is 4.58. The van der Waals surface area contributed by atoms with Crippen molar-refractivity contribution in [3.63, 3.8) is 0 Å². The molecule has 0 bridgehead atoms. The molecule has 0 atom stereocenters. The average molecular weight is 272 g/mol. The third-order valence-electron chi connectivity index (χ3n) is 2.84. The summed E-state index contributed by atoms with van der Waals surface area (Å²) in [5, 5.41) is 0. The fraction of sp³-hybridized carbons (Fsp3) is 0.500. The Morgan fingerprint density at radius 3 is 2.67 bits per heavy atom. The molecule has 0 saturated heterocycles. The first kappa shape index (κ1) is 15.0. The summed E-state index contributed by atoms with van der Waals surface area (Å²) < 4.78 is 13.4. The highest BCUT2D eigenvalue weighted by Gasteiger charge is 2.15. The predicted octanol–water partition coefficient (Wildman–Crippen LogP) is 3.62. The zero-order chi connectivity index (χ0) is 13.5. The van der Waals surface area contributed by atoms with E-state index in [4.69, 9.17) is 11.6 Å². The van der Waals surface area contributed by atoms with Gasteiger partial charge in [-0.3, -0.25) is 4.79 Å². The molecule has 1 aromatic rings. The first-order valence-corrected chi connectivity index (χ1v) is 6.75. The van der Waals surface area contributed by atoms with Gasteiger partial charge < -0.3 is 4.90 Å². The fourth-order valence-corrected chi connectivity index (χ4v) is 1.88. The van der Waals surface area contributed by atoms with Crippen LogP contribution in [-0.4, -0.2) is 29.8 Å². The number of unbranched alkanes of at least 4 members (excludes halogenated alkanes) is 1. The molecule has 4 heteroatoms. The molecule has 0 aliphatic heterocycles. The number of halogens is 2. The maximum absolute atomic E-state index is 13.4. The molecule has 0 aromatic heterocycles. The van der Waals surface area contributed by atoms with E-state index in [1.165, 1.54) is 6.07 Å². The lowest BCUT2D eigenvalue weighted by molar-refractivity contribution is 0.0763. The molecule has 0 spiro atoms. The molecular formula is C14H19ClFNO. The van der Waals surface area contributed by atoms with Crippen LogP contribution in [0.4, 0.5) is 4.39 Å². The Kier molecular flexibility index (Phi) is 6.13. The lowest BCUT2D eigenvalue weighted by Crippen LogP contribution is -2.33. The number of aryl methyl sites for hydroxylation is 1. The number of amides is 1. The van der Waals surface area contributed by atoms with E-state index in [9.17, 15) is 9.18 Å². The van der Waals surface area contributed by atoms with Gasteiger partial charge >= 0.3 is 0 Å². The van der Waals surface area contributed by atoms with Crippen LogP contribution in [0.1, 0.15) is 35.7 Å². The third-order valence-corrected chi connectivity index (χ3v) is 3.01. The normalized spacial score (nSPS) is 10.4. The van der Waals surface area contributed by atoms with Gasteiger partial charge in [0.05, 0.1) is 0 Å². The Hall–Kier alpha value is -1.09. The zero-order valence-electron chi connectivity index (χ0n) is 10.9. The van der Waals surface area contributed by atoms with E-state index in [2.05, 4.69) is 6.92 Å². The molecule has 0 fully saturated rings. The van der Waals surface area contributed by atoms with Crippen molar-refractivity contribution in [3.05, 3.63) is 35.1 Å². The van der Waals surface area contributed by atoms with Crippen molar-refractivity contribution in [3.8, 4) is 0 Å². The number of nitrogens with zero attached hydrogens (tertiary/aromatic N) is 1. The number of carbonyl (C=O) groups is 1. The smallest absolute Gasteiger partial charge is 0.253 e. The molecule has 0 unspecified atom stereocenters. The molecule has 100 valence electrons. The van der Waals surface area contributed by atoms with Crippen LogP contribution >= 0.6 is 11.6 Å². The van der Waals surface area contributed by atoms with Crippen LogP contribution < -0.4 is 0 Å². The Balaban J connectivity index is 2.83. The molecule has 0 radical (unpaired) electrons. The second-order valence-corrected chi connectivity index (χ2v) is 4.68. The highest BCUT2D eigenvalue weighted by atomic mass is 35.5. The van der Waals surface area contributed by atoms with Crippen molar-refractivity contribution >= 4 is 17.5 Å². The average Bonchev–Trinajstić information content (AvgIpc) is 2.37. The minimum absolute atomic E-state index is 0.150. The van der Waals surface area contributed by atoms with Gasteiger partial charge in [-0.05, 0) is 31.0 Å². The second-order valence-electron chi connectivity index (χ2n) is 4.30. The quantitative estimate of drug-likeness (QED) is 0.724. The highest BCUT2D eigenvalue weighted by molar-refractivity contribution is 6.18. The maximum atomic E-state index is 13.4. The summed E-state index contributed by atoms with van der Waals surface area (Å²) in [6.45, 7) is 4.90. The van der Waals surface area contributed by atoms with Gasteiger partial charge in [-0.15, -0.1) is 11.6 Å². The summed E-state index contributed by atoms with van der Waals surface area (Å²) in [4.78, 5) is 13.9. The number of alkyl halides is 1. The number of rotatable bonds is 6. The van der Waals surface area contributed by atoms with Crippen LogP contribution in [0.15, 0.2) is 18.2 Å². The largest absolute Gasteiger partial charge is 0.337 e. The number of hydrogen-bond acceptors (Lipinski definition) is 1. The van der Waals surface area contributed by atoms with Crippen LogP contribution in [0.2, 0.25) is 0 Å². The van der Waals surface area contributed by atoms with Crippen LogP contribution in [0.5, 0.6) is 0 Å². The van der Waals surface area contributed by atoms with Crippen LogP contribution in [0, 0.1) is 12.7 Å². The number of carbonyl (C=O) groups excluding carboxylic acids is 1. The van der Waals surface area contributed by atoms with Crippen LogP contribution in [-0.2, 0) is 0 Å². The van der Waals surface area contributed by atoms with Gasteiger partial charge in [0.1, 0.15) is 5.82 Å². The summed E-state index contributed by atoms with van der Waals surface area (Å²) in [5.74, 6) is -0.103. The molecule has 1 amide bonds. The zero-order valence-corrected chi connectivity index (χ0v) is 11.6. The van der Waals surface area contributed by atoms with Crippen molar-refractivity contribution in [1.82, 2.24) is 4.90 Å². The lowest BCUT2D eigenvalue weighted by atomic mass is 10.1. The van der Waals surface area contributed by atoms with Gasteiger partial charge in [0.2, 0.25) is 0 Å². The molecule has 0 aliphatic rings. The van der Waals surface area contributed by atoms with E-state index < -0.39 is 0 Å². The number of hydrogen-bond donors (Lipinski definition) is 0. The first-order valence-electron chi connectivity index (χ1n) is 6.21. The Labute approximate surface area is 113 Å². The third kappa shape index (κ3) is 3.98. The topological polar surface area (TPSA) is 20.3 Å². The van der Waals surface area contributed by atoms with Crippen molar-refractivity contribution in [2.24, 2.45) is 0 Å². The molecule has 18 heavy (non-hydrogen) atoms. The van der Waals surface area contributed by atoms with E-state index in [-0.39, 0.29) is 11.7 Å². The summed E-state index contributed by atoms with van der Waals surface area (Å²) >= 11 is 5.70. The van der Waals surface area contributed by atoms with Crippen LogP contribution in [0.25, 0.3) is 0 Å². The van der Waals surface area contributed by atoms with E-state index in [1.54, 1.807) is 24.0 Å². The molecule has 0 N–H and O–H groups in total. The van der Waals surface area contributed by atoms with Crippen LogP contribution in [0.3, 0.4) is 0 Å². The highest BCUT2D eigenvalue weighted by Crippen LogP contribution is 2.12. The van der Waals surface area contributed by atoms with E-state index in [1.807, 2.05) is 0 Å². The fourth-order valence-electron chi connectivity index (χ4n) is 1.67. The van der Waals surface area contributed by atoms with Gasteiger partial charge in [0.15, 0.2) is 0 Å². The van der Waals surface area contributed by atoms with Crippen molar-refractivity contribution in [2.75, 3.05) is 19.0 Å². The molecule has 1 rings (SSSR count). The van der Waals surface area contributed by atoms with Crippen molar-refractivity contribution < 1.29 is 9.18 Å². The molecule has 0 heterocycles. The van der Waals surface area contributed by atoms with Gasteiger partial charge in [-0.25, -0.2) is 4.39 Å². The monoisotopic (exact) mass is 271 g/mol. The SMILES string of the molecule is CCCCN(CCCl)C(=O)c1ccc(C)c(F)c1. The predicted molar refractivity (Wildman–Crippen MR) is 72.7 cm³/mol. The molecule has 1 aromatic carbocycles. The Morgan fingerprint density at radius 1 is 1.39 bits per heavy atom. The van der Waals surface area contributed by atoms with E-state index in [0.29, 0.717) is 30.1 Å². The minimum atomic E-state index is -0.345. The second kappa shape index (κ2) is 7.37. The van der Waals surface area contributed by atoms with Gasteiger partial charge in [0, 0.05) is 24.5 Å². The lowest BCUT2D eigenvalue weighted by Gasteiger charge is -2.21. The molecule has 0 saturated carbocycles. The summed E-state index contributed by atoms with van der Waals surface area (Å²) in [5.41, 5.74) is 0.934. The van der Waals surface area contributed by atoms with E-state index >= 15 is 0 Å². The minimum Gasteiger partial charge on any atom is -0.337 e. The van der Waals surface area contributed by atoms with E-state index in [0.717, 1.165) is 12.8 Å². The van der Waals surface area contributed by atoms with Crippen molar-refractivity contribution in [2.45, 2.75) is 26.7 Å². The first-order chi connectivity index (χ1) is 8.60. The molecule has 0 aliphatic carbocycles. The Bertz CT molecular complexity index is 409. The van der Waals surface area contributed by atoms with Gasteiger partial charge in [-0.1, -0.05) is 19.4 Å². The standard InChI is InChI=1S/C14H19ClFNO/c1-3-4-8-17(9-7-15)14(18)12-6-5-11(2)13(16)10-12/h5-6,10H,3-4,7-9H2,1-2H3. The van der Waals surface area contributed by atoms with Gasteiger partial charge in [-0.2, -0.15) is 0 Å². The molecule has 2 nitrogen and oxygen atoms in total. The molecular weight excluding hydrogens is 253 g/mol.